The average molecular weight is 430 g/mol. The Kier molecular flexibility index (Phi) is 5.23. The molecule has 4 aromatic rings. The van der Waals surface area contributed by atoms with Crippen molar-refractivity contribution in [1.82, 2.24) is 15.4 Å². The second kappa shape index (κ2) is 7.99. The van der Waals surface area contributed by atoms with E-state index in [1.807, 2.05) is 18.2 Å². The Balaban J connectivity index is 1.67. The summed E-state index contributed by atoms with van der Waals surface area (Å²) in [6.07, 6.45) is -1.73. The number of alkyl halides is 3. The number of fused-ring (bicyclic) bond motifs is 1. The van der Waals surface area contributed by atoms with Crippen molar-refractivity contribution in [2.24, 2.45) is 5.10 Å². The second-order valence-electron chi connectivity index (χ2n) is 6.06. The lowest BCUT2D eigenvalue weighted by Crippen LogP contribution is -2.19. The van der Waals surface area contributed by atoms with E-state index in [0.29, 0.717) is 21.7 Å². The highest BCUT2D eigenvalue weighted by atomic mass is 32.1. The number of aromatic nitrogens is 2. The maximum atomic E-state index is 12.7. The summed E-state index contributed by atoms with van der Waals surface area (Å²) in [5, 5.41) is 7.07. The fourth-order valence-electron chi connectivity index (χ4n) is 2.94. The Bertz CT molecular complexity index is 1200. The average Bonchev–Trinajstić information content (AvgIpc) is 3.35. The number of rotatable bonds is 5. The van der Waals surface area contributed by atoms with Crippen LogP contribution in [0.4, 0.5) is 13.2 Å². The number of carbonyl (C=O) groups excluding carboxylic acids is 1. The molecule has 4 rings (SSSR count). The molecule has 2 N–H and O–H groups in total. The van der Waals surface area contributed by atoms with Crippen molar-refractivity contribution < 1.29 is 22.7 Å². The zero-order chi connectivity index (χ0) is 21.1. The Hall–Kier alpha value is -3.66. The molecule has 0 bridgehead atoms. The van der Waals surface area contributed by atoms with E-state index in [1.165, 1.54) is 41.8 Å². The lowest BCUT2D eigenvalue weighted by Gasteiger charge is -2.10. The quantitative estimate of drug-likeness (QED) is 0.347. The molecule has 6 nitrogen and oxygen atoms in total. The molecular formula is C20H13F3N4O2S. The maximum Gasteiger partial charge on any atom is 0.573 e. The van der Waals surface area contributed by atoms with E-state index in [0.717, 1.165) is 5.39 Å². The van der Waals surface area contributed by atoms with Crippen LogP contribution in [0.5, 0.6) is 5.75 Å². The number of halogens is 3. The minimum atomic E-state index is -4.78. The van der Waals surface area contributed by atoms with Gasteiger partial charge in [0, 0.05) is 28.0 Å². The molecule has 2 aromatic carbocycles. The zero-order valence-electron chi connectivity index (χ0n) is 15.1. The summed E-state index contributed by atoms with van der Waals surface area (Å²) < 4.78 is 41.2. The van der Waals surface area contributed by atoms with Crippen LogP contribution in [-0.2, 0) is 0 Å². The molecule has 0 atom stereocenters. The monoisotopic (exact) mass is 430 g/mol. The molecule has 30 heavy (non-hydrogen) atoms. The highest BCUT2D eigenvalue weighted by Crippen LogP contribution is 2.34. The normalized spacial score (nSPS) is 11.8. The van der Waals surface area contributed by atoms with E-state index in [4.69, 9.17) is 0 Å². The number of amides is 1. The van der Waals surface area contributed by atoms with Crippen molar-refractivity contribution in [3.8, 4) is 16.9 Å². The van der Waals surface area contributed by atoms with Gasteiger partial charge in [0.15, 0.2) is 0 Å². The van der Waals surface area contributed by atoms with E-state index in [1.54, 1.807) is 17.6 Å². The van der Waals surface area contributed by atoms with Crippen LogP contribution in [-0.4, -0.2) is 28.5 Å². The number of hydrazone groups is 1. The minimum Gasteiger partial charge on any atom is -0.406 e. The smallest absolute Gasteiger partial charge is 0.406 e. The molecule has 0 radical (unpaired) electrons. The lowest BCUT2D eigenvalue weighted by molar-refractivity contribution is -0.274. The van der Waals surface area contributed by atoms with Crippen LogP contribution in [0.3, 0.4) is 0 Å². The zero-order valence-corrected chi connectivity index (χ0v) is 15.9. The van der Waals surface area contributed by atoms with Gasteiger partial charge in [-0.05, 0) is 23.8 Å². The summed E-state index contributed by atoms with van der Waals surface area (Å²) in [4.78, 5) is 19.8. The highest BCUT2D eigenvalue weighted by Gasteiger charge is 2.31. The molecule has 2 heterocycles. The number of nitrogens with one attached hydrogen (secondary N) is 2. The van der Waals surface area contributed by atoms with Gasteiger partial charge in [-0.15, -0.1) is 24.5 Å². The largest absolute Gasteiger partial charge is 0.573 e. The van der Waals surface area contributed by atoms with E-state index in [-0.39, 0.29) is 11.4 Å². The molecular weight excluding hydrogens is 417 g/mol. The third kappa shape index (κ3) is 4.33. The number of hydrogen-bond donors (Lipinski definition) is 2. The first-order valence-corrected chi connectivity index (χ1v) is 9.48. The molecule has 0 aliphatic heterocycles. The summed E-state index contributed by atoms with van der Waals surface area (Å²) in [6, 6.07) is 12.6. The number of nitrogens with zero attached hydrogens (tertiary/aromatic N) is 2. The third-order valence-corrected chi connectivity index (χ3v) is 4.81. The van der Waals surface area contributed by atoms with Gasteiger partial charge in [0.1, 0.15) is 16.5 Å². The van der Waals surface area contributed by atoms with Gasteiger partial charge >= 0.3 is 6.36 Å². The summed E-state index contributed by atoms with van der Waals surface area (Å²) in [6.45, 7) is 0. The van der Waals surface area contributed by atoms with Gasteiger partial charge in [0.05, 0.1) is 6.21 Å². The van der Waals surface area contributed by atoms with Crippen LogP contribution in [0.1, 0.15) is 15.5 Å². The maximum absolute atomic E-state index is 12.7. The molecule has 0 spiro atoms. The first kappa shape index (κ1) is 19.6. The lowest BCUT2D eigenvalue weighted by atomic mass is 10.0. The number of benzene rings is 2. The fourth-order valence-corrected chi connectivity index (χ4v) is 3.43. The molecule has 1 amide bonds. The predicted octanol–water partition coefficient (Wildman–Crippen LogP) is 4.95. The summed E-state index contributed by atoms with van der Waals surface area (Å²) >= 11 is 1.37. The molecule has 0 saturated heterocycles. The standard InChI is InChI=1S/C20H13F3N4O2S/c21-20(22,23)29-13-7-5-12(6-8-13)17-14-3-1-2-4-15(14)26-18(17)19(28)27-25-11-16-24-9-10-30-16/h1-11,26H,(H,27,28)/b25-11-. The van der Waals surface area contributed by atoms with E-state index in [9.17, 15) is 18.0 Å². The van der Waals surface area contributed by atoms with Gasteiger partial charge in [-0.3, -0.25) is 4.79 Å². The number of aromatic amines is 1. The fraction of sp³-hybridized carbons (Fsp3) is 0.0500. The Morgan fingerprint density at radius 2 is 1.93 bits per heavy atom. The molecule has 0 saturated carbocycles. The van der Waals surface area contributed by atoms with Gasteiger partial charge in [0.25, 0.3) is 5.91 Å². The van der Waals surface area contributed by atoms with Gasteiger partial charge in [-0.2, -0.15) is 5.10 Å². The number of hydrogen-bond acceptors (Lipinski definition) is 5. The molecule has 0 aliphatic rings. The third-order valence-electron chi connectivity index (χ3n) is 4.10. The van der Waals surface area contributed by atoms with Crippen molar-refractivity contribution in [3.63, 3.8) is 0 Å². The van der Waals surface area contributed by atoms with Crippen LogP contribution in [0, 0.1) is 0 Å². The Morgan fingerprint density at radius 1 is 1.17 bits per heavy atom. The summed E-state index contributed by atoms with van der Waals surface area (Å²) in [5.41, 5.74) is 4.48. The van der Waals surface area contributed by atoms with Crippen molar-refractivity contribution >= 4 is 34.4 Å². The van der Waals surface area contributed by atoms with Gasteiger partial charge in [-0.25, -0.2) is 10.4 Å². The Morgan fingerprint density at radius 3 is 2.63 bits per heavy atom. The molecule has 0 unspecified atom stereocenters. The number of para-hydroxylation sites is 1. The number of carbonyl (C=O) groups is 1. The van der Waals surface area contributed by atoms with Crippen molar-refractivity contribution in [2.75, 3.05) is 0 Å². The number of H-pyrrole nitrogens is 1. The van der Waals surface area contributed by atoms with Crippen LogP contribution >= 0.6 is 11.3 Å². The van der Waals surface area contributed by atoms with Crippen LogP contribution in [0.25, 0.3) is 22.0 Å². The van der Waals surface area contributed by atoms with Gasteiger partial charge in [0.2, 0.25) is 0 Å². The highest BCUT2D eigenvalue weighted by molar-refractivity contribution is 7.11. The van der Waals surface area contributed by atoms with Gasteiger partial charge in [-0.1, -0.05) is 30.3 Å². The SMILES string of the molecule is O=C(N/N=C\c1nccs1)c1[nH]c2ccccc2c1-c1ccc(OC(F)(F)F)cc1. The van der Waals surface area contributed by atoms with Crippen LogP contribution in [0.2, 0.25) is 0 Å². The molecule has 0 aliphatic carbocycles. The predicted molar refractivity (Wildman–Crippen MR) is 108 cm³/mol. The molecule has 0 fully saturated rings. The van der Waals surface area contributed by atoms with Crippen LogP contribution in [0.15, 0.2) is 65.2 Å². The second-order valence-corrected chi connectivity index (χ2v) is 6.99. The first-order valence-electron chi connectivity index (χ1n) is 8.60. The topological polar surface area (TPSA) is 79.4 Å². The number of thiazole rings is 1. The van der Waals surface area contributed by atoms with E-state index >= 15 is 0 Å². The summed E-state index contributed by atoms with van der Waals surface area (Å²) in [5.74, 6) is -0.838. The van der Waals surface area contributed by atoms with Crippen molar-refractivity contribution in [1.29, 1.82) is 0 Å². The van der Waals surface area contributed by atoms with Crippen molar-refractivity contribution in [2.45, 2.75) is 6.36 Å². The molecule has 2 aromatic heterocycles. The minimum absolute atomic E-state index is 0.233. The molecule has 152 valence electrons. The van der Waals surface area contributed by atoms with Crippen molar-refractivity contribution in [3.05, 3.63) is 70.8 Å². The Labute approximate surface area is 172 Å². The molecule has 10 heteroatoms. The first-order chi connectivity index (χ1) is 14.4. The van der Waals surface area contributed by atoms with Crippen LogP contribution < -0.4 is 10.2 Å². The van der Waals surface area contributed by atoms with E-state index < -0.39 is 12.3 Å². The number of ether oxygens (including phenoxy) is 1. The van der Waals surface area contributed by atoms with Gasteiger partial charge < -0.3 is 9.72 Å². The summed E-state index contributed by atoms with van der Waals surface area (Å²) in [7, 11) is 0. The van der Waals surface area contributed by atoms with E-state index in [2.05, 4.69) is 25.2 Å².